The minimum absolute atomic E-state index is 0.0121. The molecule has 1 aliphatic heterocycles. The van der Waals surface area contributed by atoms with E-state index in [0.717, 1.165) is 25.9 Å². The number of nitrogen functional groups attached to an aromatic ring is 1. The fourth-order valence-corrected chi connectivity index (χ4v) is 2.27. The summed E-state index contributed by atoms with van der Waals surface area (Å²) in [5, 5.41) is 3.21. The van der Waals surface area contributed by atoms with Crippen LogP contribution < -0.4 is 16.0 Å². The highest BCUT2D eigenvalue weighted by Crippen LogP contribution is 2.27. The van der Waals surface area contributed by atoms with E-state index in [4.69, 9.17) is 17.3 Å². The molecule has 0 spiro atoms. The number of nitrogens with two attached hydrogens (primary N) is 1. The second kappa shape index (κ2) is 5.39. The summed E-state index contributed by atoms with van der Waals surface area (Å²) < 4.78 is 0. The van der Waals surface area contributed by atoms with Crippen molar-refractivity contribution < 1.29 is 4.79 Å². The average molecular weight is 270 g/mol. The summed E-state index contributed by atoms with van der Waals surface area (Å²) in [5.74, 6) is 0.689. The van der Waals surface area contributed by atoms with Gasteiger partial charge < -0.3 is 16.0 Å². The molecule has 1 amide bonds. The van der Waals surface area contributed by atoms with Crippen molar-refractivity contribution in [2.45, 2.75) is 25.8 Å². The van der Waals surface area contributed by atoms with Gasteiger partial charge in [0.05, 0.1) is 0 Å². The molecule has 18 heavy (non-hydrogen) atoms. The molecule has 2 heterocycles. The van der Waals surface area contributed by atoms with Crippen molar-refractivity contribution in [1.82, 2.24) is 15.3 Å². The third-order valence-electron chi connectivity index (χ3n) is 3.02. The number of piperidine rings is 1. The number of aromatic nitrogens is 2. The van der Waals surface area contributed by atoms with E-state index in [1.807, 2.05) is 0 Å². The molecule has 0 unspecified atom stereocenters. The van der Waals surface area contributed by atoms with E-state index in [0.29, 0.717) is 11.5 Å². The number of halogens is 1. The number of hydrogen-bond donors (Lipinski definition) is 2. The minimum atomic E-state index is 0.0121. The molecule has 3 N–H and O–H groups in total. The number of amides is 1. The van der Waals surface area contributed by atoms with Gasteiger partial charge in [-0.05, 0) is 12.8 Å². The van der Waals surface area contributed by atoms with Gasteiger partial charge in [-0.2, -0.15) is 0 Å². The lowest BCUT2D eigenvalue weighted by molar-refractivity contribution is -0.119. The molecule has 0 aliphatic carbocycles. The first-order chi connectivity index (χ1) is 8.58. The monoisotopic (exact) mass is 269 g/mol. The number of hydrogen-bond acceptors (Lipinski definition) is 5. The summed E-state index contributed by atoms with van der Waals surface area (Å²) in [6.07, 6.45) is 3.16. The Kier molecular flexibility index (Phi) is 3.86. The Bertz CT molecular complexity index is 445. The fourth-order valence-electron chi connectivity index (χ4n) is 2.14. The second-order valence-corrected chi connectivity index (χ2v) is 4.72. The van der Waals surface area contributed by atoms with Crippen molar-refractivity contribution in [3.05, 3.63) is 11.5 Å². The first-order valence-electron chi connectivity index (χ1n) is 5.86. The normalized spacial score (nSPS) is 16.7. The number of anilines is 2. The van der Waals surface area contributed by atoms with Gasteiger partial charge in [-0.3, -0.25) is 4.79 Å². The smallest absolute Gasteiger partial charge is 0.217 e. The average Bonchev–Trinajstić information content (AvgIpc) is 2.33. The van der Waals surface area contributed by atoms with Gasteiger partial charge in [-0.1, -0.05) is 11.6 Å². The molecule has 1 aliphatic rings. The summed E-state index contributed by atoms with van der Waals surface area (Å²) in [7, 11) is 0. The molecule has 6 nitrogen and oxygen atoms in total. The fraction of sp³-hybridized carbons (Fsp3) is 0.545. The topological polar surface area (TPSA) is 84.1 Å². The predicted octanol–water partition coefficient (Wildman–Crippen LogP) is 0.817. The van der Waals surface area contributed by atoms with E-state index in [2.05, 4.69) is 20.2 Å². The summed E-state index contributed by atoms with van der Waals surface area (Å²) in [5.41, 5.74) is 6.27. The lowest BCUT2D eigenvalue weighted by Crippen LogP contribution is -2.44. The zero-order valence-corrected chi connectivity index (χ0v) is 10.9. The van der Waals surface area contributed by atoms with Crippen LogP contribution in [0.1, 0.15) is 19.8 Å². The maximum Gasteiger partial charge on any atom is 0.217 e. The van der Waals surface area contributed by atoms with Crippen LogP contribution >= 0.6 is 11.6 Å². The van der Waals surface area contributed by atoms with Crippen molar-refractivity contribution in [2.24, 2.45) is 0 Å². The summed E-state index contributed by atoms with van der Waals surface area (Å²) in [4.78, 5) is 21.1. The van der Waals surface area contributed by atoms with E-state index in [9.17, 15) is 4.79 Å². The van der Waals surface area contributed by atoms with Crippen molar-refractivity contribution in [1.29, 1.82) is 0 Å². The quantitative estimate of drug-likeness (QED) is 0.777. The van der Waals surface area contributed by atoms with Crippen LogP contribution in [0.5, 0.6) is 0 Å². The zero-order chi connectivity index (χ0) is 13.1. The van der Waals surface area contributed by atoms with Crippen molar-refractivity contribution in [3.63, 3.8) is 0 Å². The molecule has 0 bridgehead atoms. The van der Waals surface area contributed by atoms with Crippen LogP contribution in [0.2, 0.25) is 5.15 Å². The third-order valence-corrected chi connectivity index (χ3v) is 3.32. The number of carbonyl (C=O) groups excluding carboxylic acids is 1. The molecule has 0 aromatic carbocycles. The van der Waals surface area contributed by atoms with Crippen molar-refractivity contribution in [3.8, 4) is 0 Å². The Morgan fingerprint density at radius 2 is 2.17 bits per heavy atom. The Labute approximate surface area is 111 Å². The van der Waals surface area contributed by atoms with Crippen molar-refractivity contribution in [2.75, 3.05) is 23.7 Å². The van der Waals surface area contributed by atoms with Crippen LogP contribution in [0.3, 0.4) is 0 Å². The Morgan fingerprint density at radius 3 is 2.78 bits per heavy atom. The van der Waals surface area contributed by atoms with Gasteiger partial charge in [-0.15, -0.1) is 0 Å². The molecule has 0 atom stereocenters. The molecule has 2 rings (SSSR count). The van der Waals surface area contributed by atoms with Crippen LogP contribution in [0, 0.1) is 0 Å². The molecule has 98 valence electrons. The van der Waals surface area contributed by atoms with Crippen LogP contribution in [0.4, 0.5) is 11.5 Å². The van der Waals surface area contributed by atoms with Crippen LogP contribution in [0.15, 0.2) is 6.33 Å². The first-order valence-corrected chi connectivity index (χ1v) is 6.23. The molecular weight excluding hydrogens is 254 g/mol. The summed E-state index contributed by atoms with van der Waals surface area (Å²) >= 11 is 5.87. The van der Waals surface area contributed by atoms with Crippen LogP contribution in [-0.4, -0.2) is 35.0 Å². The molecule has 7 heteroatoms. The maximum atomic E-state index is 11.0. The second-order valence-electron chi connectivity index (χ2n) is 4.36. The number of carbonyl (C=O) groups is 1. The van der Waals surface area contributed by atoms with Gasteiger partial charge in [-0.25, -0.2) is 9.97 Å². The highest BCUT2D eigenvalue weighted by atomic mass is 35.5. The Balaban J connectivity index is 2.01. The van der Waals surface area contributed by atoms with Gasteiger partial charge in [0.2, 0.25) is 5.91 Å². The third kappa shape index (κ3) is 2.81. The highest BCUT2D eigenvalue weighted by Gasteiger charge is 2.22. The van der Waals surface area contributed by atoms with E-state index in [1.165, 1.54) is 13.3 Å². The summed E-state index contributed by atoms with van der Waals surface area (Å²) in [6.45, 7) is 3.12. The molecule has 1 fully saturated rings. The molecular formula is C11H16ClN5O. The number of rotatable bonds is 2. The largest absolute Gasteiger partial charge is 0.393 e. The maximum absolute atomic E-state index is 11.0. The van der Waals surface area contributed by atoms with E-state index in [-0.39, 0.29) is 17.1 Å². The van der Waals surface area contributed by atoms with Gasteiger partial charge in [0.1, 0.15) is 12.0 Å². The number of nitrogens with zero attached hydrogens (tertiary/aromatic N) is 3. The lowest BCUT2D eigenvalue weighted by Gasteiger charge is -2.33. The van der Waals surface area contributed by atoms with Crippen LogP contribution in [-0.2, 0) is 4.79 Å². The van der Waals surface area contributed by atoms with E-state index < -0.39 is 0 Å². The Hall–Kier alpha value is -1.56. The molecule has 1 aromatic heterocycles. The number of nitrogens with one attached hydrogen (secondary N) is 1. The van der Waals surface area contributed by atoms with Gasteiger partial charge in [0.15, 0.2) is 11.0 Å². The molecule has 1 aromatic rings. The zero-order valence-electron chi connectivity index (χ0n) is 10.2. The standard InChI is InChI=1S/C11H16ClN5O/c1-7(18)16-8-2-4-17(5-3-8)11-9(13)10(12)14-6-15-11/h6,8H,2-5,13H2,1H3,(H,16,18). The van der Waals surface area contributed by atoms with Gasteiger partial charge in [0.25, 0.3) is 0 Å². The van der Waals surface area contributed by atoms with Crippen LogP contribution in [0.25, 0.3) is 0 Å². The van der Waals surface area contributed by atoms with E-state index >= 15 is 0 Å². The van der Waals surface area contributed by atoms with Gasteiger partial charge in [0, 0.05) is 26.1 Å². The first kappa shape index (κ1) is 12.9. The predicted molar refractivity (Wildman–Crippen MR) is 70.5 cm³/mol. The van der Waals surface area contributed by atoms with Crippen molar-refractivity contribution >= 4 is 29.0 Å². The molecule has 1 saturated heterocycles. The molecule has 0 radical (unpaired) electrons. The SMILES string of the molecule is CC(=O)NC1CCN(c2ncnc(Cl)c2N)CC1. The highest BCUT2D eigenvalue weighted by molar-refractivity contribution is 6.32. The minimum Gasteiger partial charge on any atom is -0.393 e. The van der Waals surface area contributed by atoms with Gasteiger partial charge >= 0.3 is 0 Å². The van der Waals surface area contributed by atoms with E-state index in [1.54, 1.807) is 0 Å². The molecule has 0 saturated carbocycles. The Morgan fingerprint density at radius 1 is 1.50 bits per heavy atom. The lowest BCUT2D eigenvalue weighted by atomic mass is 10.1. The summed E-state index contributed by atoms with van der Waals surface area (Å²) in [6, 6.07) is 0.234.